The van der Waals surface area contributed by atoms with E-state index in [2.05, 4.69) is 55.4 Å². The van der Waals surface area contributed by atoms with E-state index < -0.39 is 0 Å². The summed E-state index contributed by atoms with van der Waals surface area (Å²) in [7, 11) is 3.38. The van der Waals surface area contributed by atoms with Crippen LogP contribution in [0.4, 0.5) is 0 Å². The monoisotopic (exact) mass is 323 g/mol. The van der Waals surface area contributed by atoms with Gasteiger partial charge in [0.15, 0.2) is 0 Å². The smallest absolute Gasteiger partial charge is 0.0623 e. The number of hydrogen-bond donors (Lipinski definition) is 0. The molecule has 0 aliphatic heterocycles. The Balaban J connectivity index is 2.63. The Morgan fingerprint density at radius 1 is 1.50 bits per heavy atom. The lowest BCUT2D eigenvalue weighted by Gasteiger charge is -1.91. The lowest BCUT2D eigenvalue weighted by Crippen LogP contribution is -1.80. The quantitative estimate of drug-likeness (QED) is 0.415. The fourth-order valence-corrected chi connectivity index (χ4v) is 2.20. The third kappa shape index (κ3) is 5.68. The summed E-state index contributed by atoms with van der Waals surface area (Å²) >= 11 is 4.80. The van der Waals surface area contributed by atoms with E-state index in [1.54, 1.807) is 0 Å². The molecular weight excluding hydrogens is 318 g/mol. The van der Waals surface area contributed by atoms with Crippen LogP contribution in [0.5, 0.6) is 0 Å². The predicted octanol–water partition coefficient (Wildman–Crippen LogP) is 2.16. The van der Waals surface area contributed by atoms with Crippen LogP contribution in [-0.2, 0) is 0 Å². The molecule has 0 aromatic heterocycles. The molecule has 0 saturated heterocycles. The van der Waals surface area contributed by atoms with E-state index in [4.69, 9.17) is 0 Å². The summed E-state index contributed by atoms with van der Waals surface area (Å²) in [5.41, 5.74) is 0. The minimum absolute atomic E-state index is 0.790. The normalized spacial score (nSPS) is 10.0. The largest absolute Gasteiger partial charge is 0.0710 e. The van der Waals surface area contributed by atoms with Gasteiger partial charge in [-0.2, -0.15) is 0 Å². The molecule has 3 radical (unpaired) electrons. The van der Waals surface area contributed by atoms with Crippen LogP contribution in [0.2, 0.25) is 6.04 Å². The molecule has 0 fully saturated rings. The Labute approximate surface area is 69.2 Å². The van der Waals surface area contributed by atoms with Crippen molar-refractivity contribution in [1.82, 2.24) is 0 Å². The van der Waals surface area contributed by atoms with Gasteiger partial charge >= 0.3 is 0 Å². The average molecular weight is 323 g/mol. The highest BCUT2D eigenvalue weighted by Crippen LogP contribution is 2.14. The summed E-state index contributed by atoms with van der Waals surface area (Å²) in [5.74, 6) is 0. The summed E-state index contributed by atoms with van der Waals surface area (Å²) in [4.78, 5) is 0. The van der Waals surface area contributed by atoms with Crippen LogP contribution in [0.3, 0.4) is 0 Å². The number of rotatable bonds is 2. The molecule has 0 spiro atoms. The van der Waals surface area contributed by atoms with Crippen LogP contribution in [0.1, 0.15) is 6.42 Å². The Bertz CT molecular complexity index is 30.0. The number of halogens is 2. The maximum atomic E-state index is 3.38. The minimum atomic E-state index is 0.790. The third-order valence-corrected chi connectivity index (χ3v) is 1.90. The zero-order valence-electron chi connectivity index (χ0n) is 3.25. The maximum Gasteiger partial charge on any atom is 0.0623 e. The second-order valence-electron chi connectivity index (χ2n) is 0.930. The first kappa shape index (κ1) is 7.68. The fraction of sp³-hybridized carbons (Fsp3) is 1.00. The number of alkyl halides is 2. The predicted molar refractivity (Wildman–Crippen MR) is 47.0 cm³/mol. The number of hydrogen-bond acceptors (Lipinski definition) is 0. The molecule has 0 atom stereocenters. The molecule has 0 aliphatic carbocycles. The van der Waals surface area contributed by atoms with E-state index in [1.165, 1.54) is 6.42 Å². The van der Waals surface area contributed by atoms with Crippen molar-refractivity contribution >= 4 is 55.4 Å². The summed E-state index contributed by atoms with van der Waals surface area (Å²) in [5, 5.41) is 0. The standard InChI is InChI=1S/C3H5I2Si/c4-3(5)1-2-6/h3H,1-2H2. The lowest BCUT2D eigenvalue weighted by molar-refractivity contribution is 1.10. The van der Waals surface area contributed by atoms with Crippen LogP contribution in [-0.4, -0.2) is 12.2 Å². The molecule has 0 aliphatic rings. The molecule has 0 nitrogen and oxygen atoms in total. The Morgan fingerprint density at radius 3 is 2.00 bits per heavy atom. The van der Waals surface area contributed by atoms with Gasteiger partial charge in [0.1, 0.15) is 0 Å². The Morgan fingerprint density at radius 2 is 2.00 bits per heavy atom. The van der Waals surface area contributed by atoms with Gasteiger partial charge in [-0.3, -0.25) is 0 Å². The van der Waals surface area contributed by atoms with Crippen LogP contribution < -0.4 is 0 Å². The van der Waals surface area contributed by atoms with Crippen LogP contribution >= 0.6 is 45.2 Å². The highest BCUT2D eigenvalue weighted by Gasteiger charge is 1.90. The van der Waals surface area contributed by atoms with Crippen molar-refractivity contribution in [2.24, 2.45) is 0 Å². The van der Waals surface area contributed by atoms with Gasteiger partial charge < -0.3 is 0 Å². The molecule has 0 saturated carbocycles. The molecule has 3 heteroatoms. The zero-order valence-corrected chi connectivity index (χ0v) is 8.56. The fourth-order valence-electron chi connectivity index (χ4n) is 0.109. The average Bonchev–Trinajstić information content (AvgIpc) is 1.35. The second kappa shape index (κ2) is 4.83. The minimum Gasteiger partial charge on any atom is -0.0710 e. The van der Waals surface area contributed by atoms with E-state index in [-0.39, 0.29) is 0 Å². The van der Waals surface area contributed by atoms with Crippen molar-refractivity contribution in [2.45, 2.75) is 14.4 Å². The van der Waals surface area contributed by atoms with Crippen molar-refractivity contribution in [3.8, 4) is 0 Å². The van der Waals surface area contributed by atoms with E-state index in [0.717, 1.165) is 7.98 Å². The molecule has 35 valence electrons. The van der Waals surface area contributed by atoms with E-state index in [1.807, 2.05) is 0 Å². The molecule has 0 amide bonds. The van der Waals surface area contributed by atoms with Gasteiger partial charge in [-0.15, -0.1) is 0 Å². The highest BCUT2D eigenvalue weighted by molar-refractivity contribution is 14.2. The van der Waals surface area contributed by atoms with E-state index in [0.29, 0.717) is 0 Å². The first-order chi connectivity index (χ1) is 2.77. The summed E-state index contributed by atoms with van der Waals surface area (Å²) in [6.07, 6.45) is 1.26. The van der Waals surface area contributed by atoms with Gasteiger partial charge in [-0.05, 0) is 6.42 Å². The highest BCUT2D eigenvalue weighted by atomic mass is 127. The molecule has 0 aromatic rings. The van der Waals surface area contributed by atoms with Gasteiger partial charge in [0, 0.05) is 10.2 Å². The van der Waals surface area contributed by atoms with Crippen LogP contribution in [0, 0.1) is 0 Å². The Hall–Kier alpha value is 1.68. The van der Waals surface area contributed by atoms with Crippen LogP contribution in [0.15, 0.2) is 0 Å². The van der Waals surface area contributed by atoms with Gasteiger partial charge in [0.2, 0.25) is 0 Å². The molecule has 0 unspecified atom stereocenters. The van der Waals surface area contributed by atoms with E-state index in [9.17, 15) is 0 Å². The molecule has 0 heterocycles. The molecular formula is C3H5I2Si. The topological polar surface area (TPSA) is 0 Å². The van der Waals surface area contributed by atoms with Gasteiger partial charge in [0.05, 0.1) is 1.93 Å². The van der Waals surface area contributed by atoms with Crippen LogP contribution in [0.25, 0.3) is 0 Å². The molecule has 0 rings (SSSR count). The molecule has 0 aromatic carbocycles. The third-order valence-electron chi connectivity index (χ3n) is 0.363. The van der Waals surface area contributed by atoms with Crippen molar-refractivity contribution in [3.05, 3.63) is 0 Å². The van der Waals surface area contributed by atoms with E-state index >= 15 is 0 Å². The summed E-state index contributed by atoms with van der Waals surface area (Å²) < 4.78 is 0.790. The summed E-state index contributed by atoms with van der Waals surface area (Å²) in [6.45, 7) is 0. The first-order valence-electron chi connectivity index (χ1n) is 1.70. The second-order valence-corrected chi connectivity index (χ2v) is 6.82. The summed E-state index contributed by atoms with van der Waals surface area (Å²) in [6, 6.07) is 1.12. The van der Waals surface area contributed by atoms with Crippen molar-refractivity contribution in [2.75, 3.05) is 0 Å². The van der Waals surface area contributed by atoms with Gasteiger partial charge in [0.25, 0.3) is 0 Å². The van der Waals surface area contributed by atoms with Crippen molar-refractivity contribution in [1.29, 1.82) is 0 Å². The zero-order chi connectivity index (χ0) is 4.99. The SMILES string of the molecule is [Si]CCC(I)I. The molecule has 0 N–H and O–H groups in total. The lowest BCUT2D eigenvalue weighted by atomic mass is 10.6. The van der Waals surface area contributed by atoms with Crippen molar-refractivity contribution < 1.29 is 0 Å². The molecule has 0 bridgehead atoms. The van der Waals surface area contributed by atoms with Gasteiger partial charge in [-0.25, -0.2) is 0 Å². The maximum absolute atomic E-state index is 3.38. The molecule has 6 heavy (non-hydrogen) atoms. The van der Waals surface area contributed by atoms with Crippen molar-refractivity contribution in [3.63, 3.8) is 0 Å². The van der Waals surface area contributed by atoms with Gasteiger partial charge in [-0.1, -0.05) is 51.2 Å². The first-order valence-corrected chi connectivity index (χ1v) is 4.90. The Kier molecular flexibility index (Phi) is 6.18.